The number of hydrogen-bond donors (Lipinski definition) is 2. The van der Waals surface area contributed by atoms with Crippen LogP contribution in [-0.4, -0.2) is 91.2 Å². The topological polar surface area (TPSA) is 73.0 Å². The largest absolute Gasteiger partial charge is 0.390 e. The highest BCUT2D eigenvalue weighted by atomic mass is 16.3. The fourth-order valence-corrected chi connectivity index (χ4v) is 2.09. The Hall–Kier alpha value is -0.690. The lowest BCUT2D eigenvalue weighted by Gasteiger charge is -2.34. The van der Waals surface area contributed by atoms with Crippen LogP contribution in [-0.2, 0) is 4.79 Å². The maximum absolute atomic E-state index is 11.0. The second-order valence-corrected chi connectivity index (χ2v) is 5.28. The highest BCUT2D eigenvalue weighted by molar-refractivity contribution is 5.79. The fourth-order valence-electron chi connectivity index (χ4n) is 2.09. The number of β-amino-alcohol motifs (C(OH)–C–C–N with tert-alkyl or cyclic N) is 1. The Morgan fingerprint density at radius 3 is 2.44 bits per heavy atom. The van der Waals surface area contributed by atoms with Gasteiger partial charge in [-0.3, -0.25) is 14.6 Å². The zero-order chi connectivity index (χ0) is 13.7. The number of aliphatic hydroxyl groups excluding tert-OH is 1. The summed E-state index contributed by atoms with van der Waals surface area (Å²) >= 11 is 0. The van der Waals surface area contributed by atoms with Crippen molar-refractivity contribution >= 4 is 5.91 Å². The van der Waals surface area contributed by atoms with Crippen molar-refractivity contribution in [3.63, 3.8) is 0 Å². The summed E-state index contributed by atoms with van der Waals surface area (Å²) in [6.45, 7) is 6.94. The van der Waals surface area contributed by atoms with E-state index < -0.39 is 6.10 Å². The Kier molecular flexibility index (Phi) is 6.01. The first kappa shape index (κ1) is 15.4. The van der Waals surface area contributed by atoms with E-state index in [9.17, 15) is 9.90 Å². The van der Waals surface area contributed by atoms with Crippen LogP contribution in [0.1, 0.15) is 6.92 Å². The van der Waals surface area contributed by atoms with Gasteiger partial charge in [-0.25, -0.2) is 0 Å². The predicted molar refractivity (Wildman–Crippen MR) is 71.2 cm³/mol. The van der Waals surface area contributed by atoms with Gasteiger partial charge >= 0.3 is 0 Å². The van der Waals surface area contributed by atoms with Crippen molar-refractivity contribution < 1.29 is 9.90 Å². The number of hydrogen-bond acceptors (Lipinski definition) is 5. The van der Waals surface area contributed by atoms with Crippen LogP contribution in [0.25, 0.3) is 0 Å². The van der Waals surface area contributed by atoms with Crippen LogP contribution in [0.15, 0.2) is 0 Å². The van der Waals surface area contributed by atoms with Crippen LogP contribution in [0.4, 0.5) is 0 Å². The molecule has 106 valence electrons. The van der Waals surface area contributed by atoms with E-state index in [-0.39, 0.29) is 11.9 Å². The Morgan fingerprint density at radius 1 is 1.39 bits per heavy atom. The summed E-state index contributed by atoms with van der Waals surface area (Å²) in [6, 6.07) is -0.341. The molecule has 1 heterocycles. The molecule has 6 nitrogen and oxygen atoms in total. The molecule has 0 aliphatic carbocycles. The first-order chi connectivity index (χ1) is 8.40. The molecule has 0 bridgehead atoms. The molecule has 1 fully saturated rings. The minimum Gasteiger partial charge on any atom is -0.390 e. The van der Waals surface area contributed by atoms with E-state index >= 15 is 0 Å². The summed E-state index contributed by atoms with van der Waals surface area (Å²) in [7, 11) is 3.92. The minimum absolute atomic E-state index is 0.341. The second-order valence-electron chi connectivity index (χ2n) is 5.28. The Labute approximate surface area is 109 Å². The molecule has 1 rings (SSSR count). The number of likely N-dealkylation sites (N-methyl/N-ethyl adjacent to an activating group) is 2. The quantitative estimate of drug-likeness (QED) is 0.600. The minimum atomic E-state index is -0.444. The van der Waals surface area contributed by atoms with Crippen molar-refractivity contribution in [2.75, 3.05) is 53.4 Å². The Morgan fingerprint density at radius 2 is 1.94 bits per heavy atom. The molecule has 0 radical (unpaired) electrons. The van der Waals surface area contributed by atoms with Crippen LogP contribution < -0.4 is 5.73 Å². The summed E-state index contributed by atoms with van der Waals surface area (Å²) in [5, 5.41) is 10.0. The summed E-state index contributed by atoms with van der Waals surface area (Å²) in [5.41, 5.74) is 5.23. The molecular formula is C12H26N4O2. The third-order valence-electron chi connectivity index (χ3n) is 3.64. The van der Waals surface area contributed by atoms with Gasteiger partial charge in [-0.15, -0.1) is 0 Å². The smallest absolute Gasteiger partial charge is 0.234 e. The summed E-state index contributed by atoms with van der Waals surface area (Å²) in [5.74, 6) is -0.357. The molecule has 1 aliphatic heterocycles. The molecule has 1 saturated heterocycles. The standard InChI is InChI=1S/C12H26N4O2/c1-10(12(13)18)15(3)8-11(17)9-16-6-4-14(2)5-7-16/h10-11,17H,4-9H2,1-3H3,(H2,13,18). The van der Waals surface area contributed by atoms with Gasteiger partial charge in [0.05, 0.1) is 12.1 Å². The van der Waals surface area contributed by atoms with Gasteiger partial charge in [0.25, 0.3) is 0 Å². The van der Waals surface area contributed by atoms with Crippen molar-refractivity contribution in [3.05, 3.63) is 0 Å². The van der Waals surface area contributed by atoms with E-state index in [0.29, 0.717) is 13.1 Å². The SMILES string of the molecule is CC(C(N)=O)N(C)CC(O)CN1CCN(C)CC1. The molecule has 0 saturated carbocycles. The number of primary amides is 1. The number of nitrogens with two attached hydrogens (primary N) is 1. The second kappa shape index (κ2) is 7.04. The molecule has 1 aliphatic rings. The number of piperazine rings is 1. The molecule has 1 amide bonds. The van der Waals surface area contributed by atoms with Gasteiger partial charge < -0.3 is 15.7 Å². The molecule has 18 heavy (non-hydrogen) atoms. The van der Waals surface area contributed by atoms with Gasteiger partial charge in [-0.05, 0) is 21.0 Å². The lowest BCUT2D eigenvalue weighted by Crippen LogP contribution is -2.50. The lowest BCUT2D eigenvalue weighted by molar-refractivity contribution is -0.122. The number of carbonyl (C=O) groups is 1. The van der Waals surface area contributed by atoms with E-state index in [1.807, 2.05) is 7.05 Å². The number of rotatable bonds is 6. The lowest BCUT2D eigenvalue weighted by atomic mass is 10.2. The predicted octanol–water partition coefficient (Wildman–Crippen LogP) is -1.60. The van der Waals surface area contributed by atoms with Gasteiger partial charge in [-0.1, -0.05) is 0 Å². The molecule has 0 aromatic rings. The van der Waals surface area contributed by atoms with Crippen LogP contribution in [0.3, 0.4) is 0 Å². The fraction of sp³-hybridized carbons (Fsp3) is 0.917. The summed E-state index contributed by atoms with van der Waals surface area (Å²) in [6.07, 6.45) is -0.444. The van der Waals surface area contributed by atoms with Crippen molar-refractivity contribution in [3.8, 4) is 0 Å². The van der Waals surface area contributed by atoms with Gasteiger partial charge in [0.15, 0.2) is 0 Å². The van der Waals surface area contributed by atoms with Gasteiger partial charge in [0.1, 0.15) is 0 Å². The number of carbonyl (C=O) groups excluding carboxylic acids is 1. The number of aliphatic hydroxyl groups is 1. The van der Waals surface area contributed by atoms with E-state index in [2.05, 4.69) is 16.8 Å². The molecular weight excluding hydrogens is 232 g/mol. The maximum atomic E-state index is 11.0. The van der Waals surface area contributed by atoms with Crippen LogP contribution in [0, 0.1) is 0 Å². The van der Waals surface area contributed by atoms with Crippen molar-refractivity contribution in [1.82, 2.24) is 14.7 Å². The van der Waals surface area contributed by atoms with Crippen LogP contribution in [0.5, 0.6) is 0 Å². The van der Waals surface area contributed by atoms with E-state index in [0.717, 1.165) is 26.2 Å². The maximum Gasteiger partial charge on any atom is 0.234 e. The summed E-state index contributed by atoms with van der Waals surface area (Å²) in [4.78, 5) is 17.4. The Bertz CT molecular complexity index is 267. The molecule has 0 aromatic heterocycles. The Balaban J connectivity index is 2.28. The highest BCUT2D eigenvalue weighted by Gasteiger charge is 2.21. The zero-order valence-electron chi connectivity index (χ0n) is 11.7. The third-order valence-corrected chi connectivity index (χ3v) is 3.64. The summed E-state index contributed by atoms with van der Waals surface area (Å²) < 4.78 is 0. The van der Waals surface area contributed by atoms with E-state index in [1.165, 1.54) is 0 Å². The number of amides is 1. The van der Waals surface area contributed by atoms with Crippen LogP contribution in [0.2, 0.25) is 0 Å². The van der Waals surface area contributed by atoms with Crippen molar-refractivity contribution in [1.29, 1.82) is 0 Å². The first-order valence-corrected chi connectivity index (χ1v) is 6.48. The van der Waals surface area contributed by atoms with Gasteiger partial charge in [0, 0.05) is 39.3 Å². The highest BCUT2D eigenvalue weighted by Crippen LogP contribution is 2.03. The average molecular weight is 258 g/mol. The molecule has 0 aromatic carbocycles. The van der Waals surface area contributed by atoms with E-state index in [4.69, 9.17) is 5.73 Å². The zero-order valence-corrected chi connectivity index (χ0v) is 11.7. The molecule has 0 spiro atoms. The third kappa shape index (κ3) is 4.89. The normalized spacial score (nSPS) is 22.1. The monoisotopic (exact) mass is 258 g/mol. The van der Waals surface area contributed by atoms with Crippen molar-refractivity contribution in [2.24, 2.45) is 5.73 Å². The number of nitrogens with zero attached hydrogens (tertiary/aromatic N) is 3. The van der Waals surface area contributed by atoms with Gasteiger partial charge in [0.2, 0.25) is 5.91 Å². The van der Waals surface area contributed by atoms with E-state index in [1.54, 1.807) is 11.8 Å². The molecule has 6 heteroatoms. The first-order valence-electron chi connectivity index (χ1n) is 6.48. The molecule has 2 atom stereocenters. The van der Waals surface area contributed by atoms with Gasteiger partial charge in [-0.2, -0.15) is 0 Å². The molecule has 2 unspecified atom stereocenters. The average Bonchev–Trinajstić information content (AvgIpc) is 2.30. The molecule has 3 N–H and O–H groups in total. The van der Waals surface area contributed by atoms with Crippen molar-refractivity contribution in [2.45, 2.75) is 19.1 Å². The van der Waals surface area contributed by atoms with Crippen LogP contribution >= 0.6 is 0 Å².